The molecular formula is C54H34N2O. The topological polar surface area (TPSA) is 23.0 Å². The van der Waals surface area contributed by atoms with Crippen LogP contribution in [-0.4, -0.2) is 9.13 Å². The van der Waals surface area contributed by atoms with Crippen molar-refractivity contribution in [3.63, 3.8) is 0 Å². The second kappa shape index (κ2) is 12.5. The molecule has 9 aromatic carbocycles. The predicted molar refractivity (Wildman–Crippen MR) is 239 cm³/mol. The van der Waals surface area contributed by atoms with E-state index in [2.05, 4.69) is 209 Å². The quantitative estimate of drug-likeness (QED) is 0.173. The number of furan rings is 1. The van der Waals surface area contributed by atoms with Crippen molar-refractivity contribution in [2.24, 2.45) is 0 Å². The number of hydrogen-bond donors (Lipinski definition) is 0. The van der Waals surface area contributed by atoms with Crippen LogP contribution in [0.15, 0.2) is 211 Å². The van der Waals surface area contributed by atoms with E-state index in [0.29, 0.717) is 0 Å². The number of fused-ring (bicyclic) bond motifs is 9. The summed E-state index contributed by atoms with van der Waals surface area (Å²) in [6.45, 7) is 0. The summed E-state index contributed by atoms with van der Waals surface area (Å²) in [6, 6.07) is 74.4. The first-order chi connectivity index (χ1) is 28.3. The van der Waals surface area contributed by atoms with Gasteiger partial charge in [-0.25, -0.2) is 0 Å². The molecule has 3 heteroatoms. The molecule has 0 aliphatic rings. The van der Waals surface area contributed by atoms with Crippen molar-refractivity contribution in [3.8, 4) is 44.8 Å². The lowest BCUT2D eigenvalue weighted by molar-refractivity contribution is 0.669. The Morgan fingerprint density at radius 2 is 0.807 bits per heavy atom. The van der Waals surface area contributed by atoms with Crippen molar-refractivity contribution in [2.75, 3.05) is 0 Å². The molecule has 0 N–H and O–H groups in total. The van der Waals surface area contributed by atoms with Crippen LogP contribution in [0.3, 0.4) is 0 Å². The normalized spacial score (nSPS) is 11.9. The molecule has 0 aliphatic heterocycles. The van der Waals surface area contributed by atoms with Gasteiger partial charge in [0.2, 0.25) is 0 Å². The molecule has 0 saturated carbocycles. The Balaban J connectivity index is 1.07. The van der Waals surface area contributed by atoms with Gasteiger partial charge in [-0.1, -0.05) is 146 Å². The van der Waals surface area contributed by atoms with Crippen LogP contribution in [0.5, 0.6) is 0 Å². The molecule has 0 spiro atoms. The third-order valence-electron chi connectivity index (χ3n) is 11.7. The molecule has 0 amide bonds. The van der Waals surface area contributed by atoms with E-state index in [9.17, 15) is 0 Å². The summed E-state index contributed by atoms with van der Waals surface area (Å²) < 4.78 is 11.5. The zero-order valence-corrected chi connectivity index (χ0v) is 30.9. The lowest BCUT2D eigenvalue weighted by Crippen LogP contribution is -1.96. The van der Waals surface area contributed by atoms with Crippen LogP contribution < -0.4 is 0 Å². The summed E-state index contributed by atoms with van der Waals surface area (Å²) in [7, 11) is 0. The molecule has 3 aromatic heterocycles. The summed E-state index contributed by atoms with van der Waals surface area (Å²) in [4.78, 5) is 0. The van der Waals surface area contributed by atoms with E-state index in [4.69, 9.17) is 4.42 Å². The smallest absolute Gasteiger partial charge is 0.138 e. The highest BCUT2D eigenvalue weighted by Crippen LogP contribution is 2.43. The molecule has 266 valence electrons. The number of hydrogen-bond acceptors (Lipinski definition) is 1. The molecule has 12 rings (SSSR count). The van der Waals surface area contributed by atoms with E-state index < -0.39 is 0 Å². The molecule has 12 aromatic rings. The molecule has 3 heterocycles. The summed E-state index contributed by atoms with van der Waals surface area (Å²) in [5.74, 6) is 0. The van der Waals surface area contributed by atoms with Gasteiger partial charge in [0.15, 0.2) is 0 Å². The molecule has 0 unspecified atom stereocenters. The SMILES string of the molecule is c1ccc(-c2ccc(-c3cc(-n4c5ccccc5c5cc(-c6ccc7c8ccccc8n(-c8ccccc8)c7c6)ccc54)c4c(c3)oc3ccccc34)cc2)cc1. The Hall–Kier alpha value is -7.62. The summed E-state index contributed by atoms with van der Waals surface area (Å²) in [5.41, 5.74) is 15.8. The predicted octanol–water partition coefficient (Wildman–Crippen LogP) is 14.8. The van der Waals surface area contributed by atoms with Gasteiger partial charge in [-0.15, -0.1) is 0 Å². The maximum absolute atomic E-state index is 6.63. The van der Waals surface area contributed by atoms with Crippen LogP contribution in [-0.2, 0) is 0 Å². The zero-order valence-electron chi connectivity index (χ0n) is 30.9. The van der Waals surface area contributed by atoms with Crippen molar-refractivity contribution in [3.05, 3.63) is 206 Å². The average molecular weight is 727 g/mol. The first-order valence-electron chi connectivity index (χ1n) is 19.5. The third kappa shape index (κ3) is 4.92. The van der Waals surface area contributed by atoms with E-state index >= 15 is 0 Å². The minimum atomic E-state index is 0.875. The van der Waals surface area contributed by atoms with Gasteiger partial charge in [0.1, 0.15) is 11.2 Å². The van der Waals surface area contributed by atoms with Crippen LogP contribution in [0.2, 0.25) is 0 Å². The highest BCUT2D eigenvalue weighted by atomic mass is 16.3. The highest BCUT2D eigenvalue weighted by Gasteiger charge is 2.21. The highest BCUT2D eigenvalue weighted by molar-refractivity contribution is 6.16. The molecular weight excluding hydrogens is 693 g/mol. The zero-order chi connectivity index (χ0) is 37.5. The monoisotopic (exact) mass is 726 g/mol. The molecule has 0 radical (unpaired) electrons. The van der Waals surface area contributed by atoms with Crippen LogP contribution in [0.4, 0.5) is 0 Å². The molecule has 57 heavy (non-hydrogen) atoms. The second-order valence-electron chi connectivity index (χ2n) is 14.9. The van der Waals surface area contributed by atoms with E-state index in [1.807, 2.05) is 6.07 Å². The minimum Gasteiger partial charge on any atom is -0.456 e. The largest absolute Gasteiger partial charge is 0.456 e. The molecule has 0 saturated heterocycles. The minimum absolute atomic E-state index is 0.875. The van der Waals surface area contributed by atoms with Gasteiger partial charge < -0.3 is 13.6 Å². The van der Waals surface area contributed by atoms with Crippen LogP contribution in [0.25, 0.3) is 110 Å². The van der Waals surface area contributed by atoms with Gasteiger partial charge in [0, 0.05) is 32.6 Å². The summed E-state index contributed by atoms with van der Waals surface area (Å²) >= 11 is 0. The van der Waals surface area contributed by atoms with Gasteiger partial charge in [0.05, 0.1) is 33.1 Å². The number of benzene rings is 9. The Morgan fingerprint density at radius 3 is 1.58 bits per heavy atom. The average Bonchev–Trinajstić information content (AvgIpc) is 3.94. The Labute approximate surface area is 328 Å². The van der Waals surface area contributed by atoms with Crippen LogP contribution in [0.1, 0.15) is 0 Å². The van der Waals surface area contributed by atoms with Gasteiger partial charge >= 0.3 is 0 Å². The standard InChI is InChI=1S/C54H34N2O/c1-3-13-35(14-4-1)36-23-25-37(26-24-36)40-33-51(54-45-19-9-12-22-52(45)57-53(54)34-40)56-48-21-11-8-18-43(48)46-31-38(28-30-49(46)56)39-27-29-44-42-17-7-10-20-47(42)55(50(44)32-39)41-15-5-2-6-16-41/h1-34H. The van der Waals surface area contributed by atoms with Crippen molar-refractivity contribution >= 4 is 65.6 Å². The number of rotatable bonds is 5. The Bertz CT molecular complexity index is 3490. The molecule has 0 fully saturated rings. The van der Waals surface area contributed by atoms with Crippen molar-refractivity contribution in [1.82, 2.24) is 9.13 Å². The second-order valence-corrected chi connectivity index (χ2v) is 14.9. The van der Waals surface area contributed by atoms with Crippen molar-refractivity contribution in [2.45, 2.75) is 0 Å². The maximum atomic E-state index is 6.63. The number of nitrogens with zero attached hydrogens (tertiary/aromatic N) is 2. The van der Waals surface area contributed by atoms with E-state index in [1.165, 1.54) is 54.8 Å². The van der Waals surface area contributed by atoms with Gasteiger partial charge in [-0.2, -0.15) is 0 Å². The Morgan fingerprint density at radius 1 is 0.281 bits per heavy atom. The molecule has 0 aliphatic carbocycles. The summed E-state index contributed by atoms with van der Waals surface area (Å²) in [6.07, 6.45) is 0. The molecule has 0 atom stereocenters. The fourth-order valence-corrected chi connectivity index (χ4v) is 9.08. The lowest BCUT2D eigenvalue weighted by Gasteiger charge is -2.13. The van der Waals surface area contributed by atoms with Gasteiger partial charge in [0.25, 0.3) is 0 Å². The van der Waals surface area contributed by atoms with E-state index in [-0.39, 0.29) is 0 Å². The third-order valence-corrected chi connectivity index (χ3v) is 11.7. The Kier molecular flexibility index (Phi) is 6.93. The van der Waals surface area contributed by atoms with Crippen molar-refractivity contribution in [1.29, 1.82) is 0 Å². The van der Waals surface area contributed by atoms with Gasteiger partial charge in [-0.3, -0.25) is 0 Å². The first-order valence-corrected chi connectivity index (χ1v) is 19.5. The maximum Gasteiger partial charge on any atom is 0.138 e. The van der Waals surface area contributed by atoms with Crippen molar-refractivity contribution < 1.29 is 4.42 Å². The van der Waals surface area contributed by atoms with Crippen LogP contribution in [0, 0.1) is 0 Å². The lowest BCUT2D eigenvalue weighted by atomic mass is 9.98. The van der Waals surface area contributed by atoms with Crippen LogP contribution >= 0.6 is 0 Å². The fourth-order valence-electron chi connectivity index (χ4n) is 9.08. The fraction of sp³-hybridized carbons (Fsp3) is 0. The van der Waals surface area contributed by atoms with E-state index in [0.717, 1.165) is 55.5 Å². The summed E-state index contributed by atoms with van der Waals surface area (Å²) in [5, 5.41) is 7.16. The van der Waals surface area contributed by atoms with E-state index in [1.54, 1.807) is 0 Å². The first kappa shape index (κ1) is 31.7. The van der Waals surface area contributed by atoms with Gasteiger partial charge in [-0.05, 0) is 94.0 Å². The number of aromatic nitrogens is 2. The molecule has 0 bridgehead atoms. The number of para-hydroxylation sites is 4. The molecule has 3 nitrogen and oxygen atoms in total.